The van der Waals surface area contributed by atoms with E-state index in [1.54, 1.807) is 6.92 Å². The van der Waals surface area contributed by atoms with Gasteiger partial charge in [-0.3, -0.25) is 4.79 Å². The number of amides is 1. The van der Waals surface area contributed by atoms with Gasteiger partial charge in [-0.2, -0.15) is 0 Å². The van der Waals surface area contributed by atoms with Crippen LogP contribution in [0.2, 0.25) is 0 Å². The molecule has 0 radical (unpaired) electrons. The molecule has 8 heteroatoms. The summed E-state index contributed by atoms with van der Waals surface area (Å²) in [5.41, 5.74) is -0.107. The minimum Gasteiger partial charge on any atom is -0.478 e. The molecule has 1 aliphatic rings. The maximum atomic E-state index is 12.4. The number of hydrogen-bond donors (Lipinski definition) is 1. The summed E-state index contributed by atoms with van der Waals surface area (Å²) in [6.45, 7) is 1.66. The molecule has 1 saturated carbocycles. The lowest BCUT2D eigenvalue weighted by atomic mass is 10.2. The molecule has 0 aromatic carbocycles. The third-order valence-corrected chi connectivity index (χ3v) is 4.34. The van der Waals surface area contributed by atoms with Crippen molar-refractivity contribution in [1.82, 2.24) is 4.90 Å². The Balaban J connectivity index is 2.21. The summed E-state index contributed by atoms with van der Waals surface area (Å²) in [5.74, 6) is -1.87. The largest absolute Gasteiger partial charge is 0.478 e. The second kappa shape index (κ2) is 5.51. The van der Waals surface area contributed by atoms with Gasteiger partial charge >= 0.3 is 5.97 Å². The predicted molar refractivity (Wildman–Crippen MR) is 74.0 cm³/mol. The molecule has 1 aromatic rings. The molecule has 0 saturated heterocycles. The maximum Gasteiger partial charge on any atom is 0.338 e. The fourth-order valence-electron chi connectivity index (χ4n) is 2.28. The van der Waals surface area contributed by atoms with Crippen molar-refractivity contribution in [2.24, 2.45) is 0 Å². The number of hydrogen-bond acceptors (Lipinski definition) is 5. The van der Waals surface area contributed by atoms with E-state index in [0.29, 0.717) is 0 Å². The Hall–Kier alpha value is -1.83. The van der Waals surface area contributed by atoms with Crippen LogP contribution in [0.1, 0.15) is 40.7 Å². The van der Waals surface area contributed by atoms with Crippen LogP contribution in [0, 0.1) is 0 Å². The van der Waals surface area contributed by atoms with Crippen molar-refractivity contribution in [2.75, 3.05) is 12.0 Å². The van der Waals surface area contributed by atoms with Gasteiger partial charge in [-0.05, 0) is 19.8 Å². The third kappa shape index (κ3) is 3.84. The molecule has 0 bridgehead atoms. The lowest BCUT2D eigenvalue weighted by molar-refractivity contribution is 0.0657. The number of rotatable bonds is 6. The predicted octanol–water partition coefficient (Wildman–Crippen LogP) is 1.02. The van der Waals surface area contributed by atoms with Crippen LogP contribution >= 0.6 is 0 Å². The molecular weight excluding hydrogens is 298 g/mol. The zero-order chi connectivity index (χ0) is 15.8. The van der Waals surface area contributed by atoms with Gasteiger partial charge in [-0.1, -0.05) is 0 Å². The van der Waals surface area contributed by atoms with Crippen LogP contribution in [0.25, 0.3) is 0 Å². The Morgan fingerprint density at radius 2 is 2.10 bits per heavy atom. The lowest BCUT2D eigenvalue weighted by Gasteiger charge is -2.28. The summed E-state index contributed by atoms with van der Waals surface area (Å²) in [7, 11) is -3.22. The average molecular weight is 315 g/mol. The second-order valence-electron chi connectivity index (χ2n) is 5.39. The van der Waals surface area contributed by atoms with Gasteiger partial charge < -0.3 is 14.4 Å². The molecule has 1 aliphatic carbocycles. The molecular formula is C13H17NO6S. The smallest absolute Gasteiger partial charge is 0.338 e. The highest BCUT2D eigenvalue weighted by Crippen LogP contribution is 2.30. The van der Waals surface area contributed by atoms with E-state index < -0.39 is 27.8 Å². The highest BCUT2D eigenvalue weighted by Gasteiger charge is 2.38. The number of carboxylic acid groups (broad SMARTS) is 1. The van der Waals surface area contributed by atoms with Gasteiger partial charge in [-0.25, -0.2) is 13.2 Å². The number of nitrogens with zero attached hydrogens (tertiary/aromatic N) is 1. The fraction of sp³-hybridized carbons (Fsp3) is 0.538. The van der Waals surface area contributed by atoms with Crippen molar-refractivity contribution < 1.29 is 27.5 Å². The molecule has 1 atom stereocenters. The minimum absolute atomic E-state index is 0.00683. The van der Waals surface area contributed by atoms with E-state index in [2.05, 4.69) is 0 Å². The first kappa shape index (κ1) is 15.6. The molecule has 1 heterocycles. The molecule has 1 amide bonds. The first-order valence-corrected chi connectivity index (χ1v) is 8.57. The Bertz CT molecular complexity index is 658. The molecule has 1 unspecified atom stereocenters. The molecule has 0 spiro atoms. The summed E-state index contributed by atoms with van der Waals surface area (Å²) in [4.78, 5) is 24.7. The number of sulfone groups is 1. The van der Waals surface area contributed by atoms with Crippen LogP contribution in [0.15, 0.2) is 16.7 Å². The molecule has 21 heavy (non-hydrogen) atoms. The van der Waals surface area contributed by atoms with Crippen LogP contribution in [-0.4, -0.2) is 54.4 Å². The van der Waals surface area contributed by atoms with Crippen molar-refractivity contribution >= 4 is 21.7 Å². The first-order chi connectivity index (χ1) is 9.69. The van der Waals surface area contributed by atoms with Crippen LogP contribution in [0.4, 0.5) is 0 Å². The summed E-state index contributed by atoms with van der Waals surface area (Å²) >= 11 is 0. The van der Waals surface area contributed by atoms with Crippen molar-refractivity contribution in [1.29, 1.82) is 0 Å². The van der Waals surface area contributed by atoms with Gasteiger partial charge in [0.1, 0.15) is 16.1 Å². The average Bonchev–Trinajstić information content (AvgIpc) is 3.02. The molecule has 116 valence electrons. The van der Waals surface area contributed by atoms with Crippen LogP contribution in [0.5, 0.6) is 0 Å². The van der Waals surface area contributed by atoms with E-state index in [0.717, 1.165) is 31.4 Å². The Morgan fingerprint density at radius 3 is 2.52 bits per heavy atom. The Labute approximate surface area is 122 Å². The quantitative estimate of drug-likeness (QED) is 0.840. The van der Waals surface area contributed by atoms with Gasteiger partial charge in [0.15, 0.2) is 5.76 Å². The number of furan rings is 1. The monoisotopic (exact) mass is 315 g/mol. The molecule has 0 aliphatic heterocycles. The van der Waals surface area contributed by atoms with Crippen LogP contribution in [0.3, 0.4) is 0 Å². The minimum atomic E-state index is -3.22. The summed E-state index contributed by atoms with van der Waals surface area (Å²) in [5, 5.41) is 8.84. The number of carbonyl (C=O) groups excluding carboxylic acids is 1. The maximum absolute atomic E-state index is 12.4. The van der Waals surface area contributed by atoms with Crippen molar-refractivity contribution in [3.05, 3.63) is 23.7 Å². The van der Waals surface area contributed by atoms with E-state index >= 15 is 0 Å². The van der Waals surface area contributed by atoms with Crippen molar-refractivity contribution in [3.8, 4) is 0 Å². The zero-order valence-electron chi connectivity index (χ0n) is 11.8. The van der Waals surface area contributed by atoms with E-state index in [-0.39, 0.29) is 23.1 Å². The SMILES string of the molecule is CC(CS(C)(=O)=O)N(C(=O)c1cc(C(=O)O)co1)C1CC1. The molecule has 1 aromatic heterocycles. The topological polar surface area (TPSA) is 105 Å². The lowest BCUT2D eigenvalue weighted by Crippen LogP contribution is -2.43. The van der Waals surface area contributed by atoms with Crippen LogP contribution in [-0.2, 0) is 9.84 Å². The van der Waals surface area contributed by atoms with Gasteiger partial charge in [0.05, 0.1) is 11.3 Å². The van der Waals surface area contributed by atoms with E-state index in [4.69, 9.17) is 9.52 Å². The molecule has 1 N–H and O–H groups in total. The normalized spacial score (nSPS) is 16.5. The molecule has 1 fully saturated rings. The van der Waals surface area contributed by atoms with Crippen molar-refractivity contribution in [3.63, 3.8) is 0 Å². The van der Waals surface area contributed by atoms with Crippen LogP contribution < -0.4 is 0 Å². The number of carbonyl (C=O) groups is 2. The molecule has 7 nitrogen and oxygen atoms in total. The summed E-state index contributed by atoms with van der Waals surface area (Å²) in [6, 6.07) is 0.665. The van der Waals surface area contributed by atoms with Gasteiger partial charge in [-0.15, -0.1) is 0 Å². The fourth-order valence-corrected chi connectivity index (χ4v) is 3.32. The van der Waals surface area contributed by atoms with Gasteiger partial charge in [0.25, 0.3) is 5.91 Å². The summed E-state index contributed by atoms with van der Waals surface area (Å²) in [6.07, 6.45) is 3.75. The second-order valence-corrected chi connectivity index (χ2v) is 7.57. The third-order valence-electron chi connectivity index (χ3n) is 3.25. The number of carboxylic acids is 1. The summed E-state index contributed by atoms with van der Waals surface area (Å²) < 4.78 is 27.8. The first-order valence-electron chi connectivity index (χ1n) is 6.51. The Kier molecular flexibility index (Phi) is 4.08. The standard InChI is InChI=1S/C13H17NO6S/c1-8(7-21(2,18)19)14(10-3-4-10)12(15)11-5-9(6-20-11)13(16)17/h5-6,8,10H,3-4,7H2,1-2H3,(H,16,17). The zero-order valence-corrected chi connectivity index (χ0v) is 12.6. The number of aromatic carboxylic acids is 1. The van der Waals surface area contributed by atoms with Crippen molar-refractivity contribution in [2.45, 2.75) is 31.8 Å². The van der Waals surface area contributed by atoms with E-state index in [9.17, 15) is 18.0 Å². The van der Waals surface area contributed by atoms with E-state index in [1.807, 2.05) is 0 Å². The van der Waals surface area contributed by atoms with E-state index in [1.165, 1.54) is 4.90 Å². The van der Waals surface area contributed by atoms with Gasteiger partial charge in [0, 0.05) is 24.4 Å². The Morgan fingerprint density at radius 1 is 1.48 bits per heavy atom. The highest BCUT2D eigenvalue weighted by molar-refractivity contribution is 7.90. The van der Waals surface area contributed by atoms with Gasteiger partial charge in [0.2, 0.25) is 0 Å². The molecule has 2 rings (SSSR count). The highest BCUT2D eigenvalue weighted by atomic mass is 32.2.